The number of hydrogen-bond donors (Lipinski definition) is 3. The number of sulfonamides is 1. The Labute approximate surface area is 163 Å². The van der Waals surface area contributed by atoms with Crippen LogP contribution in [0.5, 0.6) is 0 Å². The third-order valence-corrected chi connectivity index (χ3v) is 5.77. The maximum absolute atomic E-state index is 12.7. The molecule has 28 heavy (non-hydrogen) atoms. The summed E-state index contributed by atoms with van der Waals surface area (Å²) in [6, 6.07) is 23.8. The van der Waals surface area contributed by atoms with Gasteiger partial charge in [0.05, 0.1) is 4.90 Å². The molecule has 1 amide bonds. The molecule has 3 aromatic carbocycles. The van der Waals surface area contributed by atoms with Crippen LogP contribution in [0.1, 0.15) is 5.56 Å². The van der Waals surface area contributed by atoms with E-state index in [0.717, 1.165) is 16.7 Å². The van der Waals surface area contributed by atoms with Gasteiger partial charge in [-0.2, -0.15) is 4.72 Å². The second-order valence-corrected chi connectivity index (χ2v) is 7.94. The Morgan fingerprint density at radius 3 is 1.93 bits per heavy atom. The predicted octanol–water partition coefficient (Wildman–Crippen LogP) is 2.75. The molecule has 0 saturated carbocycles. The maximum atomic E-state index is 12.7. The van der Waals surface area contributed by atoms with Crippen LogP contribution in [-0.4, -0.2) is 25.6 Å². The van der Waals surface area contributed by atoms with Gasteiger partial charge in [-0.3, -0.25) is 10.0 Å². The van der Waals surface area contributed by atoms with Gasteiger partial charge in [0.15, 0.2) is 0 Å². The monoisotopic (exact) mass is 396 g/mol. The van der Waals surface area contributed by atoms with E-state index in [0.29, 0.717) is 0 Å². The summed E-state index contributed by atoms with van der Waals surface area (Å²) in [7, 11) is -3.96. The van der Waals surface area contributed by atoms with Gasteiger partial charge in [0.2, 0.25) is 10.0 Å². The van der Waals surface area contributed by atoms with Crippen LogP contribution >= 0.6 is 0 Å². The molecule has 0 unspecified atom stereocenters. The molecule has 3 rings (SSSR count). The lowest BCUT2D eigenvalue weighted by atomic mass is 10.1. The first-order valence-electron chi connectivity index (χ1n) is 8.65. The molecule has 0 aliphatic heterocycles. The van der Waals surface area contributed by atoms with Crippen molar-refractivity contribution in [3.63, 3.8) is 0 Å². The maximum Gasteiger partial charge on any atom is 0.261 e. The molecule has 6 nitrogen and oxygen atoms in total. The van der Waals surface area contributed by atoms with Crippen LogP contribution in [0.25, 0.3) is 11.1 Å². The van der Waals surface area contributed by atoms with Crippen molar-refractivity contribution in [3.05, 3.63) is 90.5 Å². The van der Waals surface area contributed by atoms with Crippen LogP contribution in [0, 0.1) is 0 Å². The summed E-state index contributed by atoms with van der Waals surface area (Å²) in [6.07, 6.45) is 0.106. The number of nitrogens with one attached hydrogen (secondary N) is 2. The van der Waals surface area contributed by atoms with Gasteiger partial charge in [-0.25, -0.2) is 13.9 Å². The number of benzene rings is 3. The Kier molecular flexibility index (Phi) is 6.20. The van der Waals surface area contributed by atoms with Crippen molar-refractivity contribution in [1.82, 2.24) is 10.2 Å². The van der Waals surface area contributed by atoms with E-state index >= 15 is 0 Å². The minimum atomic E-state index is -3.96. The van der Waals surface area contributed by atoms with E-state index in [1.54, 1.807) is 36.4 Å². The van der Waals surface area contributed by atoms with Crippen LogP contribution in [0.4, 0.5) is 0 Å². The second kappa shape index (κ2) is 8.79. The molecule has 0 spiro atoms. The first kappa shape index (κ1) is 19.8. The number of carbonyl (C=O) groups is 1. The molecule has 0 bridgehead atoms. The third-order valence-electron chi connectivity index (χ3n) is 4.28. The molecule has 144 valence electrons. The fraction of sp³-hybridized carbons (Fsp3) is 0.0952. The Bertz CT molecular complexity index is 1020. The van der Waals surface area contributed by atoms with Crippen LogP contribution in [0.2, 0.25) is 0 Å². The molecular formula is C21H20N2O4S. The molecule has 0 saturated heterocycles. The quantitative estimate of drug-likeness (QED) is 0.423. The van der Waals surface area contributed by atoms with E-state index in [9.17, 15) is 13.2 Å². The molecule has 0 aliphatic rings. The fourth-order valence-corrected chi connectivity index (χ4v) is 4.02. The summed E-state index contributed by atoms with van der Waals surface area (Å²) in [5.41, 5.74) is 4.14. The average Bonchev–Trinajstić information content (AvgIpc) is 2.74. The summed E-state index contributed by atoms with van der Waals surface area (Å²) >= 11 is 0. The van der Waals surface area contributed by atoms with Gasteiger partial charge < -0.3 is 0 Å². The van der Waals surface area contributed by atoms with Crippen molar-refractivity contribution in [2.45, 2.75) is 17.4 Å². The van der Waals surface area contributed by atoms with Gasteiger partial charge in [-0.15, -0.1) is 0 Å². The largest absolute Gasteiger partial charge is 0.289 e. The van der Waals surface area contributed by atoms with E-state index in [2.05, 4.69) is 4.72 Å². The van der Waals surface area contributed by atoms with E-state index in [4.69, 9.17) is 5.21 Å². The Hall–Kier alpha value is -3.00. The van der Waals surface area contributed by atoms with Crippen molar-refractivity contribution < 1.29 is 18.4 Å². The van der Waals surface area contributed by atoms with Gasteiger partial charge in [-0.1, -0.05) is 72.8 Å². The first-order valence-corrected chi connectivity index (χ1v) is 10.1. The zero-order chi connectivity index (χ0) is 20.0. The Balaban J connectivity index is 1.81. The van der Waals surface area contributed by atoms with Gasteiger partial charge in [-0.05, 0) is 35.2 Å². The highest BCUT2D eigenvalue weighted by atomic mass is 32.2. The molecule has 3 N–H and O–H groups in total. The first-order chi connectivity index (χ1) is 13.5. The third kappa shape index (κ3) is 4.83. The molecule has 0 radical (unpaired) electrons. The SMILES string of the molecule is O=C(NO)[C@H](Cc1ccccc1)NS(=O)(=O)c1ccc(-c2ccccc2)cc1. The van der Waals surface area contributed by atoms with Gasteiger partial charge in [0.25, 0.3) is 5.91 Å². The van der Waals surface area contributed by atoms with Gasteiger partial charge in [0.1, 0.15) is 6.04 Å². The Morgan fingerprint density at radius 1 is 0.821 bits per heavy atom. The highest BCUT2D eigenvalue weighted by molar-refractivity contribution is 7.89. The Morgan fingerprint density at radius 2 is 1.36 bits per heavy atom. The number of hydrogen-bond acceptors (Lipinski definition) is 4. The summed E-state index contributed by atoms with van der Waals surface area (Å²) in [5, 5.41) is 8.98. The fourth-order valence-electron chi connectivity index (χ4n) is 2.83. The van der Waals surface area contributed by atoms with E-state index in [-0.39, 0.29) is 11.3 Å². The van der Waals surface area contributed by atoms with Crippen molar-refractivity contribution in [3.8, 4) is 11.1 Å². The van der Waals surface area contributed by atoms with Gasteiger partial charge in [0, 0.05) is 0 Å². The standard InChI is InChI=1S/C21H20N2O4S/c24-21(22-25)20(15-16-7-3-1-4-8-16)23-28(26,27)19-13-11-18(12-14-19)17-9-5-2-6-10-17/h1-14,20,23,25H,15H2,(H,22,24)/t20-/m0/s1. The number of amides is 1. The van der Waals surface area contributed by atoms with Crippen LogP contribution < -0.4 is 10.2 Å². The molecule has 7 heteroatoms. The smallest absolute Gasteiger partial charge is 0.261 e. The molecule has 0 fully saturated rings. The lowest BCUT2D eigenvalue weighted by molar-refractivity contribution is -0.130. The van der Waals surface area contributed by atoms with Crippen LogP contribution in [-0.2, 0) is 21.2 Å². The predicted molar refractivity (Wildman–Crippen MR) is 106 cm³/mol. The average molecular weight is 396 g/mol. The topological polar surface area (TPSA) is 95.5 Å². The zero-order valence-corrected chi connectivity index (χ0v) is 15.8. The second-order valence-electron chi connectivity index (χ2n) is 6.23. The van der Waals surface area contributed by atoms with Crippen LogP contribution in [0.3, 0.4) is 0 Å². The lowest BCUT2D eigenvalue weighted by Gasteiger charge is -2.17. The molecule has 1 atom stereocenters. The zero-order valence-electron chi connectivity index (χ0n) is 14.9. The van der Waals surface area contributed by atoms with E-state index in [1.807, 2.05) is 36.4 Å². The molecule has 0 aromatic heterocycles. The molecule has 3 aromatic rings. The summed E-state index contributed by atoms with van der Waals surface area (Å²) in [4.78, 5) is 12.0. The van der Waals surface area contributed by atoms with Crippen molar-refractivity contribution in [2.75, 3.05) is 0 Å². The minimum absolute atomic E-state index is 0.0379. The summed E-state index contributed by atoms with van der Waals surface area (Å²) in [5.74, 6) is -0.826. The molecule has 0 heterocycles. The van der Waals surface area contributed by atoms with E-state index in [1.165, 1.54) is 17.6 Å². The molecule has 0 aliphatic carbocycles. The van der Waals surface area contributed by atoms with Crippen molar-refractivity contribution in [2.24, 2.45) is 0 Å². The lowest BCUT2D eigenvalue weighted by Crippen LogP contribution is -2.47. The summed E-state index contributed by atoms with van der Waals surface area (Å²) < 4.78 is 27.8. The number of hydroxylamine groups is 1. The van der Waals surface area contributed by atoms with Crippen molar-refractivity contribution in [1.29, 1.82) is 0 Å². The minimum Gasteiger partial charge on any atom is -0.289 e. The van der Waals surface area contributed by atoms with Crippen molar-refractivity contribution >= 4 is 15.9 Å². The highest BCUT2D eigenvalue weighted by Gasteiger charge is 2.26. The van der Waals surface area contributed by atoms with E-state index < -0.39 is 22.0 Å². The number of carbonyl (C=O) groups excluding carboxylic acids is 1. The highest BCUT2D eigenvalue weighted by Crippen LogP contribution is 2.21. The number of rotatable bonds is 7. The molecular weight excluding hydrogens is 376 g/mol. The van der Waals surface area contributed by atoms with Crippen LogP contribution in [0.15, 0.2) is 89.8 Å². The summed E-state index contributed by atoms with van der Waals surface area (Å²) in [6.45, 7) is 0. The van der Waals surface area contributed by atoms with Gasteiger partial charge >= 0.3 is 0 Å². The normalized spacial score (nSPS) is 12.3.